The van der Waals surface area contributed by atoms with Gasteiger partial charge in [0, 0.05) is 37.2 Å². The Morgan fingerprint density at radius 2 is 1.85 bits per heavy atom. The molecule has 0 bridgehead atoms. The van der Waals surface area contributed by atoms with Crippen LogP contribution in [0.25, 0.3) is 0 Å². The van der Waals surface area contributed by atoms with Crippen LogP contribution in [-0.2, 0) is 13.0 Å². The molecule has 2 heterocycles. The van der Waals surface area contributed by atoms with Crippen molar-refractivity contribution in [3.8, 4) is 0 Å². The summed E-state index contributed by atoms with van der Waals surface area (Å²) >= 11 is 0. The Kier molecular flexibility index (Phi) is 3.13. The Hall–Kier alpha value is -0.830. The third-order valence-corrected chi connectivity index (χ3v) is 5.41. The van der Waals surface area contributed by atoms with E-state index in [-0.39, 0.29) is 0 Å². The molecule has 3 heteroatoms. The molecule has 110 valence electrons. The molecule has 1 aromatic heterocycles. The maximum atomic E-state index is 5.04. The fourth-order valence-electron chi connectivity index (χ4n) is 4.51. The van der Waals surface area contributed by atoms with Crippen molar-refractivity contribution in [1.29, 1.82) is 0 Å². The second-order valence-corrected chi connectivity index (χ2v) is 7.51. The Bertz CT molecular complexity index is 491. The number of imidazole rings is 1. The molecule has 0 spiro atoms. The van der Waals surface area contributed by atoms with Crippen LogP contribution in [0.4, 0.5) is 0 Å². The minimum atomic E-state index is 0.721. The quantitative estimate of drug-likeness (QED) is 0.895. The largest absolute Gasteiger partial charge is 0.328 e. The number of nitrogens with zero attached hydrogens (tertiary/aromatic N) is 2. The summed E-state index contributed by atoms with van der Waals surface area (Å²) in [6.45, 7) is 6.98. The molecule has 2 aliphatic carbocycles. The lowest BCUT2D eigenvalue weighted by Gasteiger charge is -2.34. The van der Waals surface area contributed by atoms with Crippen LogP contribution in [0, 0.1) is 11.8 Å². The molecule has 0 radical (unpaired) electrons. The molecule has 3 nitrogen and oxygen atoms in total. The number of nitrogens with one attached hydrogen (secondary N) is 1. The van der Waals surface area contributed by atoms with Crippen molar-refractivity contribution in [1.82, 2.24) is 14.9 Å². The van der Waals surface area contributed by atoms with Gasteiger partial charge in [-0.15, -0.1) is 0 Å². The molecule has 0 aromatic carbocycles. The molecular weight excluding hydrogens is 246 g/mol. The van der Waals surface area contributed by atoms with E-state index < -0.39 is 0 Å². The molecule has 2 saturated carbocycles. The van der Waals surface area contributed by atoms with Gasteiger partial charge in [0.1, 0.15) is 5.82 Å². The first-order valence-electron chi connectivity index (χ1n) is 8.53. The Morgan fingerprint density at radius 1 is 1.10 bits per heavy atom. The third-order valence-electron chi connectivity index (χ3n) is 5.41. The summed E-state index contributed by atoms with van der Waals surface area (Å²) in [5.41, 5.74) is 2.92. The Balaban J connectivity index is 1.73. The van der Waals surface area contributed by atoms with E-state index in [2.05, 4.69) is 23.7 Å². The van der Waals surface area contributed by atoms with Crippen LogP contribution in [0.5, 0.6) is 0 Å². The van der Waals surface area contributed by atoms with Gasteiger partial charge < -0.3 is 9.88 Å². The smallest absolute Gasteiger partial charge is 0.112 e. The van der Waals surface area contributed by atoms with E-state index in [1.165, 1.54) is 50.0 Å². The number of aromatic nitrogens is 2. The fraction of sp³-hybridized carbons (Fsp3) is 0.824. The summed E-state index contributed by atoms with van der Waals surface area (Å²) in [5.74, 6) is 3.95. The predicted molar refractivity (Wildman–Crippen MR) is 80.8 cm³/mol. The van der Waals surface area contributed by atoms with E-state index in [1.54, 1.807) is 5.69 Å². The Morgan fingerprint density at radius 3 is 2.55 bits per heavy atom. The van der Waals surface area contributed by atoms with Crippen LogP contribution in [0.2, 0.25) is 0 Å². The van der Waals surface area contributed by atoms with E-state index in [0.717, 1.165) is 36.9 Å². The van der Waals surface area contributed by atoms with Gasteiger partial charge in [0.15, 0.2) is 0 Å². The first-order valence-corrected chi connectivity index (χ1v) is 8.53. The van der Waals surface area contributed by atoms with E-state index in [9.17, 15) is 0 Å². The van der Waals surface area contributed by atoms with Gasteiger partial charge in [-0.25, -0.2) is 4.98 Å². The highest BCUT2D eigenvalue weighted by atomic mass is 15.2. The average molecular weight is 273 g/mol. The van der Waals surface area contributed by atoms with Crippen LogP contribution in [0.3, 0.4) is 0 Å². The van der Waals surface area contributed by atoms with Gasteiger partial charge in [-0.1, -0.05) is 13.8 Å². The first kappa shape index (κ1) is 12.9. The van der Waals surface area contributed by atoms with Gasteiger partial charge in [0.25, 0.3) is 0 Å². The van der Waals surface area contributed by atoms with E-state index >= 15 is 0 Å². The van der Waals surface area contributed by atoms with Gasteiger partial charge in [-0.3, -0.25) is 0 Å². The van der Waals surface area contributed by atoms with Crippen LogP contribution >= 0.6 is 0 Å². The molecule has 2 fully saturated rings. The van der Waals surface area contributed by atoms with Crippen molar-refractivity contribution in [2.75, 3.05) is 6.54 Å². The lowest BCUT2D eigenvalue weighted by Crippen LogP contribution is -2.29. The minimum Gasteiger partial charge on any atom is -0.328 e. The SMILES string of the molecule is CC1CC(C)CC(n2c(C3CC3)nc3c2CCNC3)C1. The highest BCUT2D eigenvalue weighted by Gasteiger charge is 2.36. The van der Waals surface area contributed by atoms with Crippen molar-refractivity contribution in [2.24, 2.45) is 11.8 Å². The van der Waals surface area contributed by atoms with Crippen molar-refractivity contribution in [2.45, 2.75) is 70.9 Å². The van der Waals surface area contributed by atoms with Gasteiger partial charge in [0.2, 0.25) is 0 Å². The van der Waals surface area contributed by atoms with Gasteiger partial charge >= 0.3 is 0 Å². The van der Waals surface area contributed by atoms with Crippen LogP contribution < -0.4 is 5.32 Å². The van der Waals surface area contributed by atoms with E-state index in [0.29, 0.717) is 0 Å². The third kappa shape index (κ3) is 2.20. The van der Waals surface area contributed by atoms with Crippen LogP contribution in [-0.4, -0.2) is 16.1 Å². The van der Waals surface area contributed by atoms with Gasteiger partial charge in [-0.2, -0.15) is 0 Å². The lowest BCUT2D eigenvalue weighted by molar-refractivity contribution is 0.215. The first-order chi connectivity index (χ1) is 9.72. The van der Waals surface area contributed by atoms with E-state index in [4.69, 9.17) is 4.98 Å². The monoisotopic (exact) mass is 273 g/mol. The summed E-state index contributed by atoms with van der Waals surface area (Å²) < 4.78 is 2.71. The zero-order chi connectivity index (χ0) is 13.7. The number of hydrogen-bond donors (Lipinski definition) is 1. The molecule has 1 N–H and O–H groups in total. The number of hydrogen-bond acceptors (Lipinski definition) is 2. The van der Waals surface area contributed by atoms with Crippen LogP contribution in [0.1, 0.15) is 75.1 Å². The van der Waals surface area contributed by atoms with Gasteiger partial charge in [0.05, 0.1) is 5.69 Å². The zero-order valence-corrected chi connectivity index (χ0v) is 12.9. The minimum absolute atomic E-state index is 0.721. The van der Waals surface area contributed by atoms with Crippen molar-refractivity contribution >= 4 is 0 Å². The molecule has 1 aromatic rings. The molecular formula is C17H27N3. The molecule has 20 heavy (non-hydrogen) atoms. The number of fused-ring (bicyclic) bond motifs is 1. The highest BCUT2D eigenvalue weighted by Crippen LogP contribution is 2.45. The summed E-state index contributed by atoms with van der Waals surface area (Å²) in [4.78, 5) is 5.04. The summed E-state index contributed by atoms with van der Waals surface area (Å²) in [6, 6.07) is 0.721. The number of rotatable bonds is 2. The predicted octanol–water partition coefficient (Wildman–Crippen LogP) is 3.40. The second-order valence-electron chi connectivity index (χ2n) is 7.51. The van der Waals surface area contributed by atoms with Crippen molar-refractivity contribution < 1.29 is 0 Å². The van der Waals surface area contributed by atoms with Crippen molar-refractivity contribution in [3.05, 3.63) is 17.2 Å². The zero-order valence-electron chi connectivity index (χ0n) is 12.9. The standard InChI is InChI=1S/C17H27N3/c1-11-7-12(2)9-14(8-11)20-16-5-6-18-10-15(16)19-17(20)13-3-4-13/h11-14,18H,3-10H2,1-2H3. The molecule has 0 amide bonds. The Labute approximate surface area is 122 Å². The lowest BCUT2D eigenvalue weighted by atomic mass is 9.80. The topological polar surface area (TPSA) is 29.9 Å². The normalized spacial score (nSPS) is 34.0. The molecule has 2 atom stereocenters. The second kappa shape index (κ2) is 4.87. The summed E-state index contributed by atoms with van der Waals surface area (Å²) in [5, 5.41) is 3.49. The summed E-state index contributed by atoms with van der Waals surface area (Å²) in [7, 11) is 0. The molecule has 4 rings (SSSR count). The van der Waals surface area contributed by atoms with Crippen LogP contribution in [0.15, 0.2) is 0 Å². The van der Waals surface area contributed by atoms with Gasteiger partial charge in [-0.05, 0) is 43.9 Å². The summed E-state index contributed by atoms with van der Waals surface area (Å²) in [6.07, 6.45) is 8.03. The molecule has 2 unspecified atom stereocenters. The molecule has 1 aliphatic heterocycles. The maximum absolute atomic E-state index is 5.04. The molecule has 3 aliphatic rings. The fourth-order valence-corrected chi connectivity index (χ4v) is 4.51. The maximum Gasteiger partial charge on any atom is 0.112 e. The highest BCUT2D eigenvalue weighted by molar-refractivity contribution is 5.25. The average Bonchev–Trinajstić information content (AvgIpc) is 3.18. The molecule has 0 saturated heterocycles. The van der Waals surface area contributed by atoms with E-state index in [1.807, 2.05) is 0 Å². The van der Waals surface area contributed by atoms with Crippen molar-refractivity contribution in [3.63, 3.8) is 0 Å².